The number of hydrogen-bond donors (Lipinski definition) is 1. The Balaban J connectivity index is 1.99. The molecule has 2 aromatic carbocycles. The summed E-state index contributed by atoms with van der Waals surface area (Å²) in [6.45, 7) is 8.09. The molecule has 0 aliphatic heterocycles. The van der Waals surface area contributed by atoms with E-state index < -0.39 is 23.8 Å². The monoisotopic (exact) mass is 529 g/mol. The first-order chi connectivity index (χ1) is 18.1. The summed E-state index contributed by atoms with van der Waals surface area (Å²) in [5.74, 6) is 0.0623. The number of alkyl carbamates (subject to hydrolysis) is 1. The molecule has 9 nitrogen and oxygen atoms in total. The fourth-order valence-corrected chi connectivity index (χ4v) is 3.19. The number of rotatable bonds is 14. The van der Waals surface area contributed by atoms with Gasteiger partial charge >= 0.3 is 12.1 Å². The van der Waals surface area contributed by atoms with Crippen molar-refractivity contribution < 1.29 is 38.0 Å². The smallest absolute Gasteiger partial charge is 0.412 e. The zero-order valence-corrected chi connectivity index (χ0v) is 23.0. The van der Waals surface area contributed by atoms with Gasteiger partial charge in [0.1, 0.15) is 23.2 Å². The van der Waals surface area contributed by atoms with Gasteiger partial charge in [-0.15, -0.1) is 0 Å². The van der Waals surface area contributed by atoms with E-state index in [4.69, 9.17) is 28.4 Å². The van der Waals surface area contributed by atoms with Crippen molar-refractivity contribution in [2.75, 3.05) is 27.4 Å². The van der Waals surface area contributed by atoms with Gasteiger partial charge in [0.2, 0.25) is 0 Å². The number of esters is 1. The van der Waals surface area contributed by atoms with Crippen molar-refractivity contribution in [3.63, 3.8) is 0 Å². The molecule has 0 radical (unpaired) electrons. The molecular weight excluding hydrogens is 490 g/mol. The molecule has 0 heterocycles. The highest BCUT2D eigenvalue weighted by molar-refractivity contribution is 5.92. The Bertz CT molecular complexity index is 1020. The molecule has 9 heteroatoms. The van der Waals surface area contributed by atoms with Crippen LogP contribution < -0.4 is 10.1 Å². The van der Waals surface area contributed by atoms with Crippen LogP contribution in [0.5, 0.6) is 5.75 Å². The van der Waals surface area contributed by atoms with Crippen LogP contribution in [0, 0.1) is 0 Å². The lowest BCUT2D eigenvalue weighted by Crippen LogP contribution is -2.35. The summed E-state index contributed by atoms with van der Waals surface area (Å²) in [5, 5.41) is 2.41. The molecule has 2 atom stereocenters. The first-order valence-electron chi connectivity index (χ1n) is 12.4. The number of nitrogens with one attached hydrogen (secondary N) is 1. The van der Waals surface area contributed by atoms with Gasteiger partial charge in [0.25, 0.3) is 0 Å². The van der Waals surface area contributed by atoms with Crippen LogP contribution in [-0.4, -0.2) is 57.3 Å². The van der Waals surface area contributed by atoms with Crippen LogP contribution in [0.3, 0.4) is 0 Å². The van der Waals surface area contributed by atoms with Crippen molar-refractivity contribution in [3.05, 3.63) is 77.5 Å². The molecule has 2 unspecified atom stereocenters. The van der Waals surface area contributed by atoms with E-state index in [0.717, 1.165) is 16.9 Å². The molecule has 0 saturated carbocycles. The summed E-state index contributed by atoms with van der Waals surface area (Å²) in [5.41, 5.74) is 1.23. The summed E-state index contributed by atoms with van der Waals surface area (Å²) in [7, 11) is 2.85. The second-order valence-corrected chi connectivity index (χ2v) is 9.47. The third-order valence-corrected chi connectivity index (χ3v) is 5.23. The summed E-state index contributed by atoms with van der Waals surface area (Å²) in [4.78, 5) is 24.2. The summed E-state index contributed by atoms with van der Waals surface area (Å²) in [6, 6.07) is 17.5. The number of ether oxygens (including phenoxy) is 6. The number of amides is 1. The highest BCUT2D eigenvalue weighted by Gasteiger charge is 2.21. The standard InChI is InChI=1S/C29H39NO8/c1-21(36-18-23-12-14-24(33-5)15-13-23)26(37-19-22-10-8-7-9-11-22)20-35-17-16-25(27(31)34-6)30-28(32)38-29(2,3)4/h7-16,21,26H,17-20H2,1-6H3,(H,30,32)/b25-16-. The Labute approximate surface area is 225 Å². The maximum Gasteiger partial charge on any atom is 0.412 e. The van der Waals surface area contributed by atoms with Crippen LogP contribution in [0.4, 0.5) is 4.79 Å². The highest BCUT2D eigenvalue weighted by Crippen LogP contribution is 2.15. The fraction of sp³-hybridized carbons (Fsp3) is 0.448. The zero-order valence-electron chi connectivity index (χ0n) is 23.0. The largest absolute Gasteiger partial charge is 0.497 e. The SMILES string of the molecule is COC(=O)/C(=C/COCC(OCc1ccccc1)C(C)OCc1ccc(OC)cc1)NC(=O)OC(C)(C)C. The Hall–Kier alpha value is -3.40. The molecule has 0 spiro atoms. The minimum absolute atomic E-state index is 0.0244. The van der Waals surface area contributed by atoms with Crippen LogP contribution >= 0.6 is 0 Å². The normalized spacial score (nSPS) is 13.4. The zero-order chi connectivity index (χ0) is 28.0. The summed E-state index contributed by atoms with van der Waals surface area (Å²) < 4.78 is 33.2. The lowest BCUT2D eigenvalue weighted by molar-refractivity contribution is -0.136. The molecule has 0 fully saturated rings. The van der Waals surface area contributed by atoms with Crippen molar-refractivity contribution in [2.45, 2.75) is 58.7 Å². The topological polar surface area (TPSA) is 102 Å². The molecule has 0 bridgehead atoms. The third kappa shape index (κ3) is 11.8. The average molecular weight is 530 g/mol. The maximum absolute atomic E-state index is 12.1. The average Bonchev–Trinajstić information content (AvgIpc) is 2.89. The van der Waals surface area contributed by atoms with Crippen LogP contribution in [0.15, 0.2) is 66.4 Å². The van der Waals surface area contributed by atoms with E-state index in [1.165, 1.54) is 13.2 Å². The van der Waals surface area contributed by atoms with Gasteiger partial charge in [-0.25, -0.2) is 9.59 Å². The van der Waals surface area contributed by atoms with E-state index in [-0.39, 0.29) is 25.0 Å². The van der Waals surface area contributed by atoms with E-state index in [9.17, 15) is 9.59 Å². The first kappa shape index (κ1) is 30.8. The molecule has 0 saturated heterocycles. The summed E-state index contributed by atoms with van der Waals surface area (Å²) in [6.07, 6.45) is -0.0434. The predicted octanol–water partition coefficient (Wildman–Crippen LogP) is 4.78. The van der Waals surface area contributed by atoms with E-state index in [0.29, 0.717) is 13.2 Å². The van der Waals surface area contributed by atoms with Gasteiger partial charge in [-0.1, -0.05) is 42.5 Å². The molecule has 0 aliphatic carbocycles. The summed E-state index contributed by atoms with van der Waals surface area (Å²) >= 11 is 0. The van der Waals surface area contributed by atoms with Crippen molar-refractivity contribution in [1.82, 2.24) is 5.32 Å². The molecule has 1 N–H and O–H groups in total. The number of hydrogen-bond acceptors (Lipinski definition) is 8. The number of carbonyl (C=O) groups excluding carboxylic acids is 2. The maximum atomic E-state index is 12.1. The lowest BCUT2D eigenvalue weighted by atomic mass is 10.2. The molecule has 2 rings (SSSR count). The predicted molar refractivity (Wildman–Crippen MR) is 143 cm³/mol. The Morgan fingerprint density at radius 1 is 0.921 bits per heavy atom. The van der Waals surface area contributed by atoms with Crippen LogP contribution in [-0.2, 0) is 41.7 Å². The Kier molecular flexibility index (Phi) is 12.8. The third-order valence-electron chi connectivity index (χ3n) is 5.23. The van der Waals surface area contributed by atoms with Gasteiger partial charge < -0.3 is 28.4 Å². The first-order valence-corrected chi connectivity index (χ1v) is 12.4. The van der Waals surface area contributed by atoms with E-state index >= 15 is 0 Å². The van der Waals surface area contributed by atoms with E-state index in [2.05, 4.69) is 5.32 Å². The Morgan fingerprint density at radius 3 is 2.16 bits per heavy atom. The van der Waals surface area contributed by atoms with Crippen LogP contribution in [0.1, 0.15) is 38.8 Å². The van der Waals surface area contributed by atoms with Crippen molar-refractivity contribution in [2.24, 2.45) is 0 Å². The minimum Gasteiger partial charge on any atom is -0.497 e. The van der Waals surface area contributed by atoms with Crippen molar-refractivity contribution in [3.8, 4) is 5.75 Å². The van der Waals surface area contributed by atoms with Gasteiger partial charge in [-0.3, -0.25) is 5.32 Å². The molecular formula is C29H39NO8. The van der Waals surface area contributed by atoms with E-state index in [1.54, 1.807) is 27.9 Å². The van der Waals surface area contributed by atoms with E-state index in [1.807, 2.05) is 61.5 Å². The highest BCUT2D eigenvalue weighted by atomic mass is 16.6. The lowest BCUT2D eigenvalue weighted by Gasteiger charge is -2.25. The number of carbonyl (C=O) groups is 2. The molecule has 38 heavy (non-hydrogen) atoms. The van der Waals surface area contributed by atoms with Crippen LogP contribution in [0.25, 0.3) is 0 Å². The van der Waals surface area contributed by atoms with Gasteiger partial charge in [0, 0.05) is 0 Å². The van der Waals surface area contributed by atoms with Gasteiger partial charge in [0.05, 0.1) is 46.8 Å². The van der Waals surface area contributed by atoms with Gasteiger partial charge in [0.15, 0.2) is 0 Å². The molecule has 2 aromatic rings. The quantitative estimate of drug-likeness (QED) is 0.212. The van der Waals surface area contributed by atoms with Crippen molar-refractivity contribution >= 4 is 12.1 Å². The molecule has 1 amide bonds. The van der Waals surface area contributed by atoms with Gasteiger partial charge in [-0.05, 0) is 57.0 Å². The van der Waals surface area contributed by atoms with Crippen molar-refractivity contribution in [1.29, 1.82) is 0 Å². The number of methoxy groups -OCH3 is 2. The fourth-order valence-electron chi connectivity index (χ4n) is 3.19. The minimum atomic E-state index is -0.765. The Morgan fingerprint density at radius 2 is 1.55 bits per heavy atom. The molecule has 0 aromatic heterocycles. The second-order valence-electron chi connectivity index (χ2n) is 9.47. The number of benzene rings is 2. The molecule has 208 valence electrons. The molecule has 0 aliphatic rings. The van der Waals surface area contributed by atoms with Crippen LogP contribution in [0.2, 0.25) is 0 Å². The second kappa shape index (κ2) is 15.8. The van der Waals surface area contributed by atoms with Gasteiger partial charge in [-0.2, -0.15) is 0 Å².